The summed E-state index contributed by atoms with van der Waals surface area (Å²) in [6, 6.07) is 4.55. The highest BCUT2D eigenvalue weighted by Crippen LogP contribution is 2.38. The van der Waals surface area contributed by atoms with Crippen LogP contribution >= 0.6 is 0 Å². The average Bonchev–Trinajstić information content (AvgIpc) is 2.85. The quantitative estimate of drug-likeness (QED) is 0.570. The second-order valence-electron chi connectivity index (χ2n) is 8.12. The van der Waals surface area contributed by atoms with E-state index in [9.17, 15) is 9.18 Å². The Hall–Kier alpha value is -3.95. The Kier molecular flexibility index (Phi) is 5.87. The van der Waals surface area contributed by atoms with Crippen molar-refractivity contribution in [3.05, 3.63) is 58.8 Å². The van der Waals surface area contributed by atoms with Crippen LogP contribution in [0.3, 0.4) is 0 Å². The van der Waals surface area contributed by atoms with Crippen molar-refractivity contribution >= 4 is 23.3 Å². The monoisotopic (exact) mass is 465 g/mol. The fraction of sp³-hybridized carbons (Fsp3) is 0.333. The first kappa shape index (κ1) is 21.9. The smallest absolute Gasteiger partial charge is 0.310 e. The number of ether oxygens (including phenoxy) is 3. The first-order valence-corrected chi connectivity index (χ1v) is 11.0. The fourth-order valence-corrected chi connectivity index (χ4v) is 4.12. The van der Waals surface area contributed by atoms with Crippen LogP contribution in [-0.2, 0) is 28.9 Å². The molecule has 0 spiro atoms. The lowest BCUT2D eigenvalue weighted by Crippen LogP contribution is -2.32. The van der Waals surface area contributed by atoms with Crippen LogP contribution in [0.2, 0.25) is 0 Å². The summed E-state index contributed by atoms with van der Waals surface area (Å²) in [5, 5.41) is 3.05. The minimum absolute atomic E-state index is 0.123. The number of benzene rings is 1. The number of hydrogen-bond donors (Lipinski definition) is 1. The van der Waals surface area contributed by atoms with Gasteiger partial charge in [-0.2, -0.15) is 0 Å². The summed E-state index contributed by atoms with van der Waals surface area (Å²) in [5.41, 5.74) is 4.69. The van der Waals surface area contributed by atoms with Gasteiger partial charge in [-0.05, 0) is 36.6 Å². The number of aromatic nitrogens is 3. The van der Waals surface area contributed by atoms with E-state index in [-0.39, 0.29) is 12.0 Å². The molecular formula is C24H24FN5O4. The van der Waals surface area contributed by atoms with Gasteiger partial charge in [-0.25, -0.2) is 19.3 Å². The SMILES string of the molecule is COC(=O)Cc1ccc(Nc2ncc3c(n2)CN(c2cnc4c(c2C)OCCO4)CC3)cc1F. The fourth-order valence-electron chi connectivity index (χ4n) is 4.12. The van der Waals surface area contributed by atoms with Crippen LogP contribution in [0.25, 0.3) is 0 Å². The van der Waals surface area contributed by atoms with Crippen LogP contribution in [0, 0.1) is 12.7 Å². The highest BCUT2D eigenvalue weighted by molar-refractivity contribution is 5.73. The minimum atomic E-state index is -0.499. The average molecular weight is 465 g/mol. The molecule has 0 unspecified atom stereocenters. The van der Waals surface area contributed by atoms with E-state index in [1.54, 1.807) is 18.3 Å². The van der Waals surface area contributed by atoms with E-state index in [1.165, 1.54) is 13.2 Å². The van der Waals surface area contributed by atoms with Gasteiger partial charge in [0.2, 0.25) is 5.95 Å². The Morgan fingerprint density at radius 1 is 1.24 bits per heavy atom. The second kappa shape index (κ2) is 9.12. The third kappa shape index (κ3) is 4.30. The minimum Gasteiger partial charge on any atom is -0.484 e. The lowest BCUT2D eigenvalue weighted by molar-refractivity contribution is -0.139. The van der Waals surface area contributed by atoms with E-state index in [0.717, 1.165) is 35.5 Å². The molecule has 1 N–H and O–H groups in total. The zero-order valence-electron chi connectivity index (χ0n) is 18.9. The highest BCUT2D eigenvalue weighted by atomic mass is 19.1. The number of carbonyl (C=O) groups is 1. The van der Waals surface area contributed by atoms with E-state index >= 15 is 0 Å². The molecule has 0 saturated heterocycles. The van der Waals surface area contributed by atoms with E-state index in [0.29, 0.717) is 43.0 Å². The van der Waals surface area contributed by atoms with Crippen molar-refractivity contribution in [2.75, 3.05) is 37.1 Å². The zero-order valence-corrected chi connectivity index (χ0v) is 18.9. The standard InChI is InChI=1S/C24H24FN5O4/c1-14-20(12-26-23-22(14)33-7-8-34-23)30-6-5-16-11-27-24(29-19(16)13-30)28-17-4-3-15(18(25)10-17)9-21(31)32-2/h3-4,10-12H,5-9,13H2,1-2H3,(H,27,28,29). The molecule has 0 fully saturated rings. The first-order valence-electron chi connectivity index (χ1n) is 11.0. The number of hydrogen-bond acceptors (Lipinski definition) is 9. The lowest BCUT2D eigenvalue weighted by atomic mass is 10.1. The third-order valence-electron chi connectivity index (χ3n) is 5.95. The number of methoxy groups -OCH3 is 1. The van der Waals surface area contributed by atoms with Gasteiger partial charge in [0.25, 0.3) is 5.88 Å². The molecule has 0 amide bonds. The summed E-state index contributed by atoms with van der Waals surface area (Å²) < 4.78 is 30.4. The molecule has 0 atom stereocenters. The largest absolute Gasteiger partial charge is 0.484 e. The summed E-state index contributed by atoms with van der Waals surface area (Å²) >= 11 is 0. The molecule has 2 aliphatic rings. The van der Waals surface area contributed by atoms with Crippen LogP contribution in [0.1, 0.15) is 22.4 Å². The van der Waals surface area contributed by atoms with Gasteiger partial charge in [-0.3, -0.25) is 4.79 Å². The molecule has 0 aliphatic carbocycles. The molecular weight excluding hydrogens is 441 g/mol. The Labute approximate surface area is 195 Å². The summed E-state index contributed by atoms with van der Waals surface area (Å²) in [5.74, 6) is 0.602. The van der Waals surface area contributed by atoms with Gasteiger partial charge in [0.05, 0.1) is 37.7 Å². The molecule has 5 rings (SSSR count). The molecule has 0 saturated carbocycles. The number of nitrogens with zero attached hydrogens (tertiary/aromatic N) is 4. The lowest BCUT2D eigenvalue weighted by Gasteiger charge is -2.32. The summed E-state index contributed by atoms with van der Waals surface area (Å²) in [6.45, 7) is 4.40. The van der Waals surface area contributed by atoms with Gasteiger partial charge in [0.1, 0.15) is 19.0 Å². The first-order chi connectivity index (χ1) is 16.5. The molecule has 10 heteroatoms. The maximum absolute atomic E-state index is 14.4. The van der Waals surface area contributed by atoms with Crippen molar-refractivity contribution in [3.63, 3.8) is 0 Å². The van der Waals surface area contributed by atoms with Gasteiger partial charge in [-0.15, -0.1) is 0 Å². The molecule has 2 aromatic heterocycles. The van der Waals surface area contributed by atoms with Crippen LogP contribution < -0.4 is 19.7 Å². The summed E-state index contributed by atoms with van der Waals surface area (Å²) in [4.78, 5) is 27.1. The molecule has 0 bridgehead atoms. The molecule has 2 aliphatic heterocycles. The Morgan fingerprint density at radius 2 is 2.09 bits per heavy atom. The molecule has 0 radical (unpaired) electrons. The number of pyridine rings is 1. The topological polar surface area (TPSA) is 98.7 Å². The van der Waals surface area contributed by atoms with Crippen LogP contribution in [-0.4, -0.2) is 47.8 Å². The van der Waals surface area contributed by atoms with Gasteiger partial charge in [0.15, 0.2) is 5.75 Å². The Morgan fingerprint density at radius 3 is 2.91 bits per heavy atom. The van der Waals surface area contributed by atoms with Gasteiger partial charge < -0.3 is 24.4 Å². The van der Waals surface area contributed by atoms with Crippen molar-refractivity contribution in [2.45, 2.75) is 26.3 Å². The van der Waals surface area contributed by atoms with Gasteiger partial charge in [0, 0.05) is 24.0 Å². The van der Waals surface area contributed by atoms with Crippen LogP contribution in [0.4, 0.5) is 21.7 Å². The van der Waals surface area contributed by atoms with Crippen molar-refractivity contribution in [3.8, 4) is 11.6 Å². The van der Waals surface area contributed by atoms with Crippen molar-refractivity contribution in [1.82, 2.24) is 15.0 Å². The van der Waals surface area contributed by atoms with E-state index in [4.69, 9.17) is 9.47 Å². The van der Waals surface area contributed by atoms with Crippen molar-refractivity contribution in [1.29, 1.82) is 0 Å². The van der Waals surface area contributed by atoms with Crippen molar-refractivity contribution < 1.29 is 23.4 Å². The Balaban J connectivity index is 1.34. The van der Waals surface area contributed by atoms with Crippen LogP contribution in [0.5, 0.6) is 11.6 Å². The predicted molar refractivity (Wildman–Crippen MR) is 122 cm³/mol. The normalized spacial score (nSPS) is 14.4. The van der Waals surface area contributed by atoms with E-state index in [2.05, 4.69) is 29.9 Å². The second-order valence-corrected chi connectivity index (χ2v) is 8.12. The zero-order chi connectivity index (χ0) is 23.7. The number of anilines is 3. The third-order valence-corrected chi connectivity index (χ3v) is 5.95. The molecule has 176 valence electrons. The number of fused-ring (bicyclic) bond motifs is 2. The number of nitrogens with one attached hydrogen (secondary N) is 1. The maximum atomic E-state index is 14.4. The number of esters is 1. The van der Waals surface area contributed by atoms with Gasteiger partial charge in [-0.1, -0.05) is 6.07 Å². The molecule has 9 nitrogen and oxygen atoms in total. The number of halogens is 1. The predicted octanol–water partition coefficient (Wildman–Crippen LogP) is 3.11. The molecule has 1 aromatic carbocycles. The maximum Gasteiger partial charge on any atom is 0.310 e. The number of rotatable bonds is 5. The molecule has 4 heterocycles. The summed E-state index contributed by atoms with van der Waals surface area (Å²) in [7, 11) is 1.27. The highest BCUT2D eigenvalue weighted by Gasteiger charge is 2.25. The molecule has 34 heavy (non-hydrogen) atoms. The Bertz CT molecular complexity index is 1250. The van der Waals surface area contributed by atoms with E-state index < -0.39 is 11.8 Å². The molecule has 3 aromatic rings. The van der Waals surface area contributed by atoms with Gasteiger partial charge >= 0.3 is 5.97 Å². The summed E-state index contributed by atoms with van der Waals surface area (Å²) in [6.07, 6.45) is 4.29. The van der Waals surface area contributed by atoms with Crippen LogP contribution in [0.15, 0.2) is 30.6 Å². The van der Waals surface area contributed by atoms with Crippen molar-refractivity contribution in [2.24, 2.45) is 0 Å². The van der Waals surface area contributed by atoms with E-state index in [1.807, 2.05) is 13.1 Å². The number of carbonyl (C=O) groups excluding carboxylic acids is 1.